The van der Waals surface area contributed by atoms with Crippen LogP contribution in [0.1, 0.15) is 53.1 Å². The molecule has 4 aliphatic rings. The maximum Gasteiger partial charge on any atom is 0.339 e. The number of aromatic carboxylic acids is 1. The first-order valence-electron chi connectivity index (χ1n) is 10.9. The molecule has 32 heavy (non-hydrogen) atoms. The van der Waals surface area contributed by atoms with Crippen LogP contribution in [0.3, 0.4) is 0 Å². The van der Waals surface area contributed by atoms with Crippen molar-refractivity contribution in [2.45, 2.75) is 57.3 Å². The Labute approximate surface area is 187 Å². The van der Waals surface area contributed by atoms with Crippen LogP contribution in [0.15, 0.2) is 54.6 Å². The van der Waals surface area contributed by atoms with Gasteiger partial charge in [-0.05, 0) is 24.6 Å². The van der Waals surface area contributed by atoms with E-state index < -0.39 is 18.0 Å². The largest absolute Gasteiger partial charge is 0.478 e. The van der Waals surface area contributed by atoms with Crippen LogP contribution >= 0.6 is 0 Å². The highest BCUT2D eigenvalue weighted by Crippen LogP contribution is 2.50. The molecular weight excluding hydrogens is 410 g/mol. The van der Waals surface area contributed by atoms with Crippen LogP contribution in [0.5, 0.6) is 0 Å². The van der Waals surface area contributed by atoms with E-state index in [4.69, 9.17) is 19.9 Å². The summed E-state index contributed by atoms with van der Waals surface area (Å²) in [6.45, 7) is 6.11. The Balaban J connectivity index is 0.000000230. The summed E-state index contributed by atoms with van der Waals surface area (Å²) in [6.07, 6.45) is -0.817. The quantitative estimate of drug-likeness (QED) is 0.703. The van der Waals surface area contributed by atoms with Crippen molar-refractivity contribution in [2.75, 3.05) is 0 Å². The fraction of sp³-hybridized carbons (Fsp3) is 0.440. The number of carboxylic acid groups (broad SMARTS) is 1. The Morgan fingerprint density at radius 3 is 2.03 bits per heavy atom. The van der Waals surface area contributed by atoms with E-state index in [1.807, 2.05) is 44.2 Å². The Morgan fingerprint density at radius 2 is 1.44 bits per heavy atom. The average Bonchev–Trinajstić information content (AvgIpc) is 3.23. The highest BCUT2D eigenvalue weighted by Gasteiger charge is 2.65. The van der Waals surface area contributed by atoms with Gasteiger partial charge in [-0.2, -0.15) is 0 Å². The Bertz CT molecular complexity index is 973. The topological polar surface area (TPSA) is 108 Å². The number of rotatable bonds is 4. The molecule has 4 heterocycles. The monoisotopic (exact) mass is 439 g/mol. The lowest BCUT2D eigenvalue weighted by Crippen LogP contribution is -2.49. The summed E-state index contributed by atoms with van der Waals surface area (Å²) >= 11 is 0. The number of nitrogens with two attached hydrogens (primary N) is 1. The number of hydrogen-bond acceptors (Lipinski definition) is 6. The lowest BCUT2D eigenvalue weighted by Gasteiger charge is -2.38. The Morgan fingerprint density at radius 1 is 0.875 bits per heavy atom. The van der Waals surface area contributed by atoms with Crippen LogP contribution in [0.4, 0.5) is 0 Å². The summed E-state index contributed by atoms with van der Waals surface area (Å²) in [5, 5.41) is 9.21. The smallest absolute Gasteiger partial charge is 0.339 e. The van der Waals surface area contributed by atoms with Gasteiger partial charge in [-0.3, -0.25) is 0 Å². The van der Waals surface area contributed by atoms with E-state index in [2.05, 4.69) is 6.92 Å². The molecule has 6 rings (SSSR count). The van der Waals surface area contributed by atoms with Crippen molar-refractivity contribution in [2.24, 2.45) is 17.6 Å². The van der Waals surface area contributed by atoms with Gasteiger partial charge in [0.05, 0.1) is 23.3 Å². The first-order valence-corrected chi connectivity index (χ1v) is 10.9. The lowest BCUT2D eigenvalue weighted by molar-refractivity contribution is -0.152. The summed E-state index contributed by atoms with van der Waals surface area (Å²) in [6, 6.07) is 16.3. The third-order valence-electron chi connectivity index (χ3n) is 6.62. The Kier molecular flexibility index (Phi) is 6.33. The molecule has 4 aliphatic heterocycles. The SMILES string of the molecule is C[C@@H](N)c1ccccc1.C[C@@H]1C2OC3C(OC(=O)c4ccccc4C(=O)O)[C@H]1O[C@@H]3[C@H]2C. The maximum atomic E-state index is 12.5. The zero-order chi connectivity index (χ0) is 23.0. The van der Waals surface area contributed by atoms with E-state index in [9.17, 15) is 14.7 Å². The van der Waals surface area contributed by atoms with Gasteiger partial charge in [-0.15, -0.1) is 0 Å². The summed E-state index contributed by atoms with van der Waals surface area (Å²) in [5.74, 6) is -1.37. The second kappa shape index (κ2) is 9.02. The third-order valence-corrected chi connectivity index (χ3v) is 6.62. The van der Waals surface area contributed by atoms with Crippen LogP contribution in [0.2, 0.25) is 0 Å². The zero-order valence-electron chi connectivity index (χ0n) is 18.4. The first-order chi connectivity index (χ1) is 15.3. The zero-order valence-corrected chi connectivity index (χ0v) is 18.4. The molecule has 3 N–H and O–H groups in total. The molecule has 0 aromatic heterocycles. The van der Waals surface area contributed by atoms with Gasteiger partial charge in [0.15, 0.2) is 6.10 Å². The molecule has 7 heteroatoms. The number of carbonyl (C=O) groups is 2. The second-order valence-electron chi connectivity index (χ2n) is 8.77. The molecule has 2 aromatic carbocycles. The molecule has 2 aromatic rings. The fourth-order valence-electron chi connectivity index (χ4n) is 4.92. The van der Waals surface area contributed by atoms with E-state index in [1.165, 1.54) is 17.7 Å². The molecule has 170 valence electrons. The van der Waals surface area contributed by atoms with E-state index in [-0.39, 0.29) is 53.4 Å². The standard InChI is InChI=1S/C17H18O6.C8H11N/c1-7-11-8(2)13-15(14(21-11)12(7)22-13)23-17(20)10-6-4-3-5-9(10)16(18)19;1-7(9)8-5-3-2-4-6-8/h3-8,11-15H,1-2H3,(H,18,19);2-7H,9H2,1H3/t7-,8+,11?,12+,13-,14?,15?;7-/m01/s1. The predicted octanol–water partition coefficient (Wildman–Crippen LogP) is 3.44. The molecule has 4 saturated heterocycles. The van der Waals surface area contributed by atoms with Crippen molar-refractivity contribution in [3.63, 3.8) is 0 Å². The minimum atomic E-state index is -1.15. The number of benzene rings is 2. The van der Waals surface area contributed by atoms with Gasteiger partial charge in [-0.25, -0.2) is 9.59 Å². The number of ether oxygens (including phenoxy) is 3. The summed E-state index contributed by atoms with van der Waals surface area (Å²) < 4.78 is 17.6. The minimum absolute atomic E-state index is 0.0475. The van der Waals surface area contributed by atoms with Gasteiger partial charge in [0, 0.05) is 17.9 Å². The van der Waals surface area contributed by atoms with Crippen LogP contribution < -0.4 is 5.73 Å². The minimum Gasteiger partial charge on any atom is -0.478 e. The highest BCUT2D eigenvalue weighted by atomic mass is 16.6. The van der Waals surface area contributed by atoms with Crippen molar-refractivity contribution < 1.29 is 28.9 Å². The van der Waals surface area contributed by atoms with Crippen molar-refractivity contribution >= 4 is 11.9 Å². The van der Waals surface area contributed by atoms with Crippen molar-refractivity contribution in [1.82, 2.24) is 0 Å². The molecule has 4 fully saturated rings. The molecule has 3 unspecified atom stereocenters. The van der Waals surface area contributed by atoms with Gasteiger partial charge in [0.2, 0.25) is 0 Å². The molecule has 0 spiro atoms. The van der Waals surface area contributed by atoms with Crippen LogP contribution in [-0.2, 0) is 14.2 Å². The molecule has 0 amide bonds. The van der Waals surface area contributed by atoms with E-state index in [1.54, 1.807) is 12.1 Å². The van der Waals surface area contributed by atoms with Crippen molar-refractivity contribution in [3.05, 3.63) is 71.3 Å². The average molecular weight is 440 g/mol. The predicted molar refractivity (Wildman–Crippen MR) is 117 cm³/mol. The normalized spacial score (nSPS) is 32.7. The molecule has 0 saturated carbocycles. The van der Waals surface area contributed by atoms with Crippen molar-refractivity contribution in [1.29, 1.82) is 0 Å². The Hall–Kier alpha value is -2.74. The van der Waals surface area contributed by atoms with E-state index in [0.29, 0.717) is 0 Å². The third kappa shape index (κ3) is 4.03. The number of carbonyl (C=O) groups excluding carboxylic acids is 1. The van der Waals surface area contributed by atoms with Gasteiger partial charge in [0.25, 0.3) is 0 Å². The summed E-state index contributed by atoms with van der Waals surface area (Å²) in [5.41, 5.74) is 6.80. The van der Waals surface area contributed by atoms with Gasteiger partial charge in [-0.1, -0.05) is 56.3 Å². The summed E-state index contributed by atoms with van der Waals surface area (Å²) in [4.78, 5) is 23.7. The second-order valence-corrected chi connectivity index (χ2v) is 8.77. The lowest BCUT2D eigenvalue weighted by atomic mass is 9.87. The van der Waals surface area contributed by atoms with Gasteiger partial charge < -0.3 is 25.1 Å². The van der Waals surface area contributed by atoms with E-state index in [0.717, 1.165) is 0 Å². The van der Waals surface area contributed by atoms with Crippen LogP contribution in [0, 0.1) is 11.8 Å². The van der Waals surface area contributed by atoms with Crippen LogP contribution in [0.25, 0.3) is 0 Å². The number of hydrogen-bond donors (Lipinski definition) is 2. The molecule has 0 aliphatic carbocycles. The molecule has 0 radical (unpaired) electrons. The van der Waals surface area contributed by atoms with Gasteiger partial charge in [0.1, 0.15) is 12.2 Å². The molecule has 7 nitrogen and oxygen atoms in total. The molecule has 8 atom stereocenters. The first kappa shape index (κ1) is 22.5. The molecule has 4 bridgehead atoms. The molecular formula is C25H29NO6. The van der Waals surface area contributed by atoms with E-state index >= 15 is 0 Å². The number of carboxylic acids is 1. The van der Waals surface area contributed by atoms with Crippen LogP contribution in [-0.4, -0.2) is 47.6 Å². The maximum absolute atomic E-state index is 12.5. The van der Waals surface area contributed by atoms with Crippen molar-refractivity contribution in [3.8, 4) is 0 Å². The van der Waals surface area contributed by atoms with Gasteiger partial charge >= 0.3 is 11.9 Å². The fourth-order valence-corrected chi connectivity index (χ4v) is 4.92. The summed E-state index contributed by atoms with van der Waals surface area (Å²) in [7, 11) is 0. The highest BCUT2D eigenvalue weighted by molar-refractivity contribution is 6.02. The number of esters is 1.